The van der Waals surface area contributed by atoms with Crippen LogP contribution in [0.3, 0.4) is 0 Å². The molecule has 1 saturated carbocycles. The fourth-order valence-corrected chi connectivity index (χ4v) is 2.74. The van der Waals surface area contributed by atoms with Crippen LogP contribution >= 0.6 is 0 Å². The molecule has 0 radical (unpaired) electrons. The summed E-state index contributed by atoms with van der Waals surface area (Å²) in [7, 11) is 1.28. The summed E-state index contributed by atoms with van der Waals surface area (Å²) < 4.78 is 43.4. The number of alkyl halides is 3. The van der Waals surface area contributed by atoms with Crippen LogP contribution in [0.5, 0.6) is 5.75 Å². The maximum Gasteiger partial charge on any atom is 0.416 e. The van der Waals surface area contributed by atoms with E-state index in [4.69, 9.17) is 4.74 Å². The number of amides is 1. The number of ether oxygens (including phenoxy) is 1. The van der Waals surface area contributed by atoms with Gasteiger partial charge in [-0.15, -0.1) is 0 Å². The van der Waals surface area contributed by atoms with Crippen molar-refractivity contribution in [1.82, 2.24) is 5.32 Å². The highest BCUT2D eigenvalue weighted by Gasteiger charge is 2.32. The second kappa shape index (κ2) is 7.03. The second-order valence-corrected chi connectivity index (χ2v) is 5.66. The van der Waals surface area contributed by atoms with Gasteiger partial charge in [-0.3, -0.25) is 4.79 Å². The Morgan fingerprint density at radius 2 is 1.91 bits per heavy atom. The van der Waals surface area contributed by atoms with Gasteiger partial charge in [-0.05, 0) is 37.0 Å². The zero-order valence-corrected chi connectivity index (χ0v) is 12.5. The number of rotatable bonds is 4. The summed E-state index contributed by atoms with van der Waals surface area (Å²) in [5.74, 6) is -0.0435. The zero-order valence-electron chi connectivity index (χ0n) is 12.5. The lowest BCUT2D eigenvalue weighted by atomic mass is 9.89. The van der Waals surface area contributed by atoms with Crippen LogP contribution in [0.2, 0.25) is 0 Å². The Hall–Kier alpha value is -1.72. The molecule has 0 spiro atoms. The van der Waals surface area contributed by atoms with E-state index in [1.807, 2.05) is 0 Å². The Morgan fingerprint density at radius 3 is 2.50 bits per heavy atom. The van der Waals surface area contributed by atoms with Crippen molar-refractivity contribution < 1.29 is 22.7 Å². The van der Waals surface area contributed by atoms with Crippen molar-refractivity contribution in [1.29, 1.82) is 0 Å². The third-order valence-corrected chi connectivity index (χ3v) is 4.01. The molecule has 0 saturated heterocycles. The number of nitrogens with one attached hydrogen (secondary N) is 1. The lowest BCUT2D eigenvalue weighted by molar-refractivity contribution is -0.137. The highest BCUT2D eigenvalue weighted by molar-refractivity contribution is 5.94. The summed E-state index contributed by atoms with van der Waals surface area (Å²) in [6.07, 6.45) is 1.14. The summed E-state index contributed by atoms with van der Waals surface area (Å²) in [6, 6.07) is 3.07. The van der Waals surface area contributed by atoms with Gasteiger partial charge in [-0.1, -0.05) is 19.3 Å². The first-order valence-electron chi connectivity index (χ1n) is 7.44. The van der Waals surface area contributed by atoms with Crippen molar-refractivity contribution in [2.24, 2.45) is 5.92 Å². The Labute approximate surface area is 127 Å². The molecule has 0 unspecified atom stereocenters. The number of carbonyl (C=O) groups is 1. The molecule has 0 aromatic heterocycles. The summed E-state index contributed by atoms with van der Waals surface area (Å²) in [4.78, 5) is 12.1. The molecule has 122 valence electrons. The topological polar surface area (TPSA) is 38.3 Å². The first-order valence-corrected chi connectivity index (χ1v) is 7.44. The van der Waals surface area contributed by atoms with Crippen LogP contribution in [-0.4, -0.2) is 19.6 Å². The molecule has 6 heteroatoms. The Bertz CT molecular complexity index is 523. The van der Waals surface area contributed by atoms with Gasteiger partial charge in [0.1, 0.15) is 5.75 Å². The largest absolute Gasteiger partial charge is 0.497 e. The van der Waals surface area contributed by atoms with Gasteiger partial charge in [-0.2, -0.15) is 13.2 Å². The molecule has 1 fully saturated rings. The fourth-order valence-electron chi connectivity index (χ4n) is 2.74. The molecule has 1 aromatic rings. The van der Waals surface area contributed by atoms with Gasteiger partial charge in [0, 0.05) is 12.1 Å². The molecule has 0 bridgehead atoms. The summed E-state index contributed by atoms with van der Waals surface area (Å²) >= 11 is 0. The Balaban J connectivity index is 2.07. The SMILES string of the molecule is COc1cc(C(=O)NCC2CCCCC2)cc(C(F)(F)F)c1. The van der Waals surface area contributed by atoms with Crippen LogP contribution in [-0.2, 0) is 6.18 Å². The molecular formula is C16H20F3NO2. The van der Waals surface area contributed by atoms with Crippen LogP contribution < -0.4 is 10.1 Å². The minimum absolute atomic E-state index is 0.0255. The van der Waals surface area contributed by atoms with Crippen LogP contribution in [0.4, 0.5) is 13.2 Å². The number of hydrogen-bond acceptors (Lipinski definition) is 2. The van der Waals surface area contributed by atoms with E-state index < -0.39 is 17.6 Å². The van der Waals surface area contributed by atoms with Gasteiger partial charge < -0.3 is 10.1 Å². The summed E-state index contributed by atoms with van der Waals surface area (Å²) in [6.45, 7) is 0.511. The van der Waals surface area contributed by atoms with Crippen LogP contribution in [0.25, 0.3) is 0 Å². The van der Waals surface area contributed by atoms with Crippen molar-refractivity contribution in [2.75, 3.05) is 13.7 Å². The third kappa shape index (κ3) is 4.39. The maximum absolute atomic E-state index is 12.8. The van der Waals surface area contributed by atoms with Gasteiger partial charge in [0.25, 0.3) is 5.91 Å². The molecule has 1 amide bonds. The van der Waals surface area contributed by atoms with Crippen LogP contribution in [0.15, 0.2) is 18.2 Å². The first kappa shape index (κ1) is 16.6. The van der Waals surface area contributed by atoms with E-state index in [2.05, 4.69) is 5.32 Å². The lowest BCUT2D eigenvalue weighted by Crippen LogP contribution is -2.30. The maximum atomic E-state index is 12.8. The number of benzene rings is 1. The van der Waals surface area contributed by atoms with Gasteiger partial charge >= 0.3 is 6.18 Å². The molecule has 0 aliphatic heterocycles. The average molecular weight is 315 g/mol. The van der Waals surface area contributed by atoms with E-state index in [9.17, 15) is 18.0 Å². The number of methoxy groups -OCH3 is 1. The average Bonchev–Trinajstić information content (AvgIpc) is 2.52. The van der Waals surface area contributed by atoms with Crippen molar-refractivity contribution in [3.8, 4) is 5.75 Å². The van der Waals surface area contributed by atoms with E-state index in [1.54, 1.807) is 0 Å². The van der Waals surface area contributed by atoms with Gasteiger partial charge in [-0.25, -0.2) is 0 Å². The molecule has 0 atom stereocenters. The highest BCUT2D eigenvalue weighted by Crippen LogP contribution is 2.32. The minimum Gasteiger partial charge on any atom is -0.497 e. The monoisotopic (exact) mass is 315 g/mol. The Kier molecular flexibility index (Phi) is 5.32. The summed E-state index contributed by atoms with van der Waals surface area (Å²) in [5, 5.41) is 2.74. The van der Waals surface area contributed by atoms with E-state index >= 15 is 0 Å². The molecule has 3 nitrogen and oxygen atoms in total. The number of carbonyl (C=O) groups excluding carboxylic acids is 1. The molecule has 22 heavy (non-hydrogen) atoms. The molecular weight excluding hydrogens is 295 g/mol. The molecule has 1 aliphatic carbocycles. The molecule has 1 aromatic carbocycles. The van der Waals surface area contributed by atoms with Gasteiger partial charge in [0.05, 0.1) is 12.7 Å². The van der Waals surface area contributed by atoms with Crippen molar-refractivity contribution in [3.63, 3.8) is 0 Å². The highest BCUT2D eigenvalue weighted by atomic mass is 19.4. The van der Waals surface area contributed by atoms with E-state index in [1.165, 1.54) is 19.6 Å². The van der Waals surface area contributed by atoms with Crippen molar-refractivity contribution in [3.05, 3.63) is 29.3 Å². The normalized spacial score (nSPS) is 16.4. The van der Waals surface area contributed by atoms with E-state index in [0.29, 0.717) is 12.5 Å². The standard InChI is InChI=1S/C16H20F3NO2/c1-22-14-8-12(7-13(9-14)16(17,18)19)15(21)20-10-11-5-3-2-4-6-11/h7-9,11H,2-6,10H2,1H3,(H,20,21). The quantitative estimate of drug-likeness (QED) is 0.911. The summed E-state index contributed by atoms with van der Waals surface area (Å²) in [5.41, 5.74) is -0.905. The predicted octanol–water partition coefficient (Wildman–Crippen LogP) is 4.02. The predicted molar refractivity (Wildman–Crippen MR) is 76.9 cm³/mol. The first-order chi connectivity index (χ1) is 10.4. The molecule has 1 aliphatic rings. The van der Waals surface area contributed by atoms with Crippen molar-refractivity contribution >= 4 is 5.91 Å². The minimum atomic E-state index is -4.51. The smallest absolute Gasteiger partial charge is 0.416 e. The lowest BCUT2D eigenvalue weighted by Gasteiger charge is -2.21. The van der Waals surface area contributed by atoms with Crippen molar-refractivity contribution in [2.45, 2.75) is 38.3 Å². The van der Waals surface area contributed by atoms with Crippen LogP contribution in [0, 0.1) is 5.92 Å². The molecule has 1 N–H and O–H groups in total. The van der Waals surface area contributed by atoms with Gasteiger partial charge in [0.15, 0.2) is 0 Å². The number of hydrogen-bond donors (Lipinski definition) is 1. The van der Waals surface area contributed by atoms with Crippen LogP contribution in [0.1, 0.15) is 48.0 Å². The van der Waals surface area contributed by atoms with E-state index in [0.717, 1.165) is 37.8 Å². The molecule has 2 rings (SSSR count). The second-order valence-electron chi connectivity index (χ2n) is 5.66. The third-order valence-electron chi connectivity index (χ3n) is 4.01. The molecule has 0 heterocycles. The fraction of sp³-hybridized carbons (Fsp3) is 0.562. The Morgan fingerprint density at radius 1 is 1.23 bits per heavy atom. The number of halogens is 3. The van der Waals surface area contributed by atoms with E-state index in [-0.39, 0.29) is 11.3 Å². The van der Waals surface area contributed by atoms with Gasteiger partial charge in [0.2, 0.25) is 0 Å². The zero-order chi connectivity index (χ0) is 16.2.